The summed E-state index contributed by atoms with van der Waals surface area (Å²) in [4.78, 5) is 12.4. The maximum atomic E-state index is 13.6. The van der Waals surface area contributed by atoms with Gasteiger partial charge in [0.05, 0.1) is 25.1 Å². The highest BCUT2D eigenvalue weighted by atomic mass is 35.5. The summed E-state index contributed by atoms with van der Waals surface area (Å²) in [7, 11) is -0.119. The number of nitrogen functional groups attached to an aromatic ring is 1. The van der Waals surface area contributed by atoms with E-state index in [1.165, 1.54) is 6.33 Å². The molecule has 2 N–H and O–H groups in total. The minimum Gasteiger partial charge on any atom is -0.423 e. The predicted octanol–water partition coefficient (Wildman–Crippen LogP) is 4.87. The number of aromatic nitrogens is 4. The van der Waals surface area contributed by atoms with Gasteiger partial charge in [-0.1, -0.05) is 39.3 Å². The Bertz CT molecular complexity index is 1110. The fourth-order valence-electron chi connectivity index (χ4n) is 3.10. The highest BCUT2D eigenvalue weighted by Crippen LogP contribution is 2.51. The molecule has 0 aliphatic carbocycles. The van der Waals surface area contributed by atoms with Crippen LogP contribution in [0.2, 0.25) is 5.02 Å². The average Bonchev–Trinajstić information content (AvgIpc) is 3.17. The smallest absolute Gasteiger partial charge is 0.405 e. The van der Waals surface area contributed by atoms with Crippen LogP contribution in [0.5, 0.6) is 5.75 Å². The predicted molar refractivity (Wildman–Crippen MR) is 129 cm³/mol. The van der Waals surface area contributed by atoms with Crippen molar-refractivity contribution in [3.63, 3.8) is 0 Å². The Labute approximate surface area is 198 Å². The van der Waals surface area contributed by atoms with Crippen molar-refractivity contribution < 1.29 is 18.3 Å². The molecular weight excluding hydrogens is 493 g/mol. The van der Waals surface area contributed by atoms with E-state index in [0.29, 0.717) is 34.3 Å². The van der Waals surface area contributed by atoms with Crippen LogP contribution >= 0.6 is 40.8 Å². The summed E-state index contributed by atoms with van der Waals surface area (Å²) in [6.07, 6.45) is 3.15. The largest absolute Gasteiger partial charge is 0.423 e. The molecule has 172 valence electrons. The van der Waals surface area contributed by atoms with Crippen LogP contribution in [0.1, 0.15) is 13.3 Å². The van der Waals surface area contributed by atoms with Crippen molar-refractivity contribution in [2.24, 2.45) is 0 Å². The molecule has 3 aromatic rings. The zero-order valence-corrected chi connectivity index (χ0v) is 20.6. The third-order valence-electron chi connectivity index (χ3n) is 4.61. The van der Waals surface area contributed by atoms with Crippen molar-refractivity contribution >= 4 is 57.8 Å². The third kappa shape index (κ3) is 6.09. The molecule has 1 aromatic carbocycles. The lowest BCUT2D eigenvalue weighted by atomic mass is 10.3. The van der Waals surface area contributed by atoms with Gasteiger partial charge in [-0.05, 0) is 31.5 Å². The van der Waals surface area contributed by atoms with E-state index >= 15 is 0 Å². The molecule has 0 saturated carbocycles. The van der Waals surface area contributed by atoms with Crippen LogP contribution in [-0.2, 0) is 20.4 Å². The molecule has 0 bridgehead atoms. The first kappa shape index (κ1) is 23.7. The average molecular weight is 516 g/mol. The number of halogens is 1. The summed E-state index contributed by atoms with van der Waals surface area (Å²) < 4.78 is 33.2. The van der Waals surface area contributed by atoms with Gasteiger partial charge in [-0.15, -0.1) is 0 Å². The molecule has 4 rings (SSSR count). The molecule has 2 unspecified atom stereocenters. The zero-order valence-electron chi connectivity index (χ0n) is 17.3. The quantitative estimate of drug-likeness (QED) is 0.312. The highest BCUT2D eigenvalue weighted by Gasteiger charge is 2.33. The molecule has 0 radical (unpaired) electrons. The van der Waals surface area contributed by atoms with Crippen LogP contribution in [0.15, 0.2) is 36.9 Å². The Balaban J connectivity index is 1.44. The summed E-state index contributed by atoms with van der Waals surface area (Å²) in [6.45, 7) is 2.30. The van der Waals surface area contributed by atoms with Gasteiger partial charge < -0.3 is 19.6 Å². The third-order valence-corrected chi connectivity index (χ3v) is 8.91. The molecule has 9 nitrogen and oxygen atoms in total. The second-order valence-corrected chi connectivity index (χ2v) is 12.2. The minimum atomic E-state index is -3.60. The lowest BCUT2D eigenvalue weighted by Gasteiger charge is -2.27. The Kier molecular flexibility index (Phi) is 7.86. The number of hydrogen-bond donors (Lipinski definition) is 1. The first-order chi connectivity index (χ1) is 15.4. The lowest BCUT2D eigenvalue weighted by molar-refractivity contribution is 0.0678. The van der Waals surface area contributed by atoms with Crippen LogP contribution in [0.4, 0.5) is 5.82 Å². The molecular formula is C19H23ClN5O4PS2. The summed E-state index contributed by atoms with van der Waals surface area (Å²) in [5.41, 5.74) is 6.99. The number of hydrogen-bond acceptors (Lipinski definition) is 10. The van der Waals surface area contributed by atoms with Gasteiger partial charge in [0.15, 0.2) is 17.8 Å². The Morgan fingerprint density at radius 3 is 3.00 bits per heavy atom. The number of rotatable bonds is 9. The van der Waals surface area contributed by atoms with Gasteiger partial charge >= 0.3 is 7.60 Å². The Morgan fingerprint density at radius 1 is 1.34 bits per heavy atom. The second kappa shape index (κ2) is 10.6. The SMILES string of the molecule is C[C@H](Cn1cnc2c(N)ncnc21)OCP(=O)(Oc1cccc(Cl)c1)OC1CCSSC1. The lowest BCUT2D eigenvalue weighted by Crippen LogP contribution is -2.23. The van der Waals surface area contributed by atoms with Gasteiger partial charge in [-0.2, -0.15) is 0 Å². The minimum absolute atomic E-state index is 0.164. The number of anilines is 1. The van der Waals surface area contributed by atoms with Gasteiger partial charge in [0.25, 0.3) is 0 Å². The fourth-order valence-corrected chi connectivity index (χ4v) is 7.39. The number of benzene rings is 1. The standard InChI is InChI=1S/C19H23ClN5O4PS2/c1-13(8-25-11-24-17-18(21)22-10-23-19(17)25)27-12-30(26,29-16-5-6-31-32-9-16)28-15-4-2-3-14(20)7-15/h2-4,7,10-11,13,16H,5-6,8-9,12H2,1H3,(H2,21,22,23)/t13-,16?,30?/m1/s1. The van der Waals surface area contributed by atoms with Crippen LogP contribution < -0.4 is 10.3 Å². The number of imidazole rings is 1. The van der Waals surface area contributed by atoms with Crippen molar-refractivity contribution in [2.75, 3.05) is 23.6 Å². The van der Waals surface area contributed by atoms with Gasteiger partial charge in [0.2, 0.25) is 0 Å². The van der Waals surface area contributed by atoms with E-state index in [-0.39, 0.29) is 18.6 Å². The first-order valence-corrected chi connectivity index (χ1v) is 14.5. The van der Waals surface area contributed by atoms with Gasteiger partial charge in [-0.25, -0.2) is 19.5 Å². The van der Waals surface area contributed by atoms with E-state index in [2.05, 4.69) is 15.0 Å². The first-order valence-electron chi connectivity index (χ1n) is 9.92. The molecule has 3 heterocycles. The molecule has 1 fully saturated rings. The van der Waals surface area contributed by atoms with Crippen molar-refractivity contribution in [3.05, 3.63) is 41.9 Å². The van der Waals surface area contributed by atoms with Gasteiger partial charge in [-0.3, -0.25) is 4.52 Å². The van der Waals surface area contributed by atoms with E-state index in [9.17, 15) is 4.57 Å². The van der Waals surface area contributed by atoms with Crippen LogP contribution in [0.25, 0.3) is 11.2 Å². The maximum absolute atomic E-state index is 13.6. The molecule has 0 spiro atoms. The molecule has 0 amide bonds. The van der Waals surface area contributed by atoms with E-state index in [1.807, 2.05) is 11.5 Å². The maximum Gasteiger partial charge on any atom is 0.405 e. The van der Waals surface area contributed by atoms with Gasteiger partial charge in [0, 0.05) is 16.5 Å². The van der Waals surface area contributed by atoms with Crippen molar-refractivity contribution in [1.29, 1.82) is 0 Å². The number of nitrogens with zero attached hydrogens (tertiary/aromatic N) is 4. The molecule has 1 aliphatic heterocycles. The van der Waals surface area contributed by atoms with Crippen LogP contribution in [-0.4, -0.2) is 49.6 Å². The second-order valence-electron chi connectivity index (χ2n) is 7.22. The van der Waals surface area contributed by atoms with Crippen LogP contribution in [0.3, 0.4) is 0 Å². The molecule has 2 aromatic heterocycles. The van der Waals surface area contributed by atoms with Gasteiger partial charge in [0.1, 0.15) is 17.6 Å². The zero-order chi connectivity index (χ0) is 22.6. The normalized spacial score (nSPS) is 19.5. The van der Waals surface area contributed by atoms with Crippen LogP contribution in [0, 0.1) is 0 Å². The van der Waals surface area contributed by atoms with Crippen molar-refractivity contribution in [2.45, 2.75) is 32.1 Å². The Morgan fingerprint density at radius 2 is 2.22 bits per heavy atom. The monoisotopic (exact) mass is 515 g/mol. The van der Waals surface area contributed by atoms with E-state index in [1.54, 1.807) is 52.2 Å². The number of ether oxygens (including phenoxy) is 1. The van der Waals surface area contributed by atoms with Crippen molar-refractivity contribution in [1.82, 2.24) is 19.5 Å². The number of fused-ring (bicyclic) bond motifs is 1. The summed E-state index contributed by atoms with van der Waals surface area (Å²) >= 11 is 6.06. The molecule has 32 heavy (non-hydrogen) atoms. The fraction of sp³-hybridized carbons (Fsp3) is 0.421. The summed E-state index contributed by atoms with van der Waals surface area (Å²) in [5.74, 6) is 2.37. The summed E-state index contributed by atoms with van der Waals surface area (Å²) in [5, 5.41) is 0.487. The number of nitrogens with two attached hydrogens (primary N) is 1. The molecule has 3 atom stereocenters. The van der Waals surface area contributed by atoms with E-state index in [0.717, 1.165) is 17.9 Å². The van der Waals surface area contributed by atoms with E-state index in [4.69, 9.17) is 31.1 Å². The summed E-state index contributed by atoms with van der Waals surface area (Å²) in [6, 6.07) is 6.75. The highest BCUT2D eigenvalue weighted by molar-refractivity contribution is 8.76. The molecule has 13 heteroatoms. The topological polar surface area (TPSA) is 114 Å². The Hall–Kier alpha value is -1.49. The molecule has 1 saturated heterocycles. The van der Waals surface area contributed by atoms with E-state index < -0.39 is 7.60 Å². The molecule has 1 aliphatic rings. The van der Waals surface area contributed by atoms with Crippen molar-refractivity contribution in [3.8, 4) is 5.75 Å².